The van der Waals surface area contributed by atoms with Crippen molar-refractivity contribution in [2.45, 2.75) is 341 Å². The van der Waals surface area contributed by atoms with Gasteiger partial charge in [0.2, 0.25) is 11.8 Å². The van der Waals surface area contributed by atoms with Gasteiger partial charge in [0.05, 0.1) is 50.7 Å². The first kappa shape index (κ1) is 80.8. The lowest BCUT2D eigenvalue weighted by Crippen LogP contribution is -2.71. The normalized spacial score (nSPS) is 29.5. The summed E-state index contributed by atoms with van der Waals surface area (Å²) in [6.07, 6.45) is 0.244. The van der Waals surface area contributed by atoms with Crippen molar-refractivity contribution in [2.24, 2.45) is 0 Å². The molecule has 0 aromatic carbocycles. The number of nitrogens with one attached hydrogen (secondary N) is 2. The topological polar surface area (TPSA) is 423 Å². The molecule has 3 aliphatic heterocycles. The highest BCUT2D eigenvalue weighted by Gasteiger charge is 2.60. The molecule has 3 fully saturated rings. The zero-order valence-electron chi connectivity index (χ0n) is 53.5. The first-order valence-electron chi connectivity index (χ1n) is 33.6. The molecular weight excluding hydrogens is 1170 g/mol. The Labute approximate surface area is 527 Å². The van der Waals surface area contributed by atoms with Gasteiger partial charge < -0.3 is 115 Å². The lowest BCUT2D eigenvalue weighted by atomic mass is 9.88. The van der Waals surface area contributed by atoms with Crippen LogP contribution in [-0.4, -0.2) is 251 Å². The minimum Gasteiger partial charge on any atom is -0.477 e. The molecule has 0 radical (unpaired) electrons. The van der Waals surface area contributed by atoms with E-state index >= 15 is 0 Å². The number of hydrogen-bond donors (Lipinski definition) is 16. The number of aliphatic hydroxyl groups excluding tert-OH is 13. The van der Waals surface area contributed by atoms with Gasteiger partial charge in [-0.25, -0.2) is 4.79 Å². The van der Waals surface area contributed by atoms with Crippen LogP contribution in [0.15, 0.2) is 0 Å². The van der Waals surface area contributed by atoms with Crippen molar-refractivity contribution in [3.63, 3.8) is 0 Å². The predicted molar refractivity (Wildman–Crippen MR) is 324 cm³/mol. The molecule has 0 aromatic rings. The van der Waals surface area contributed by atoms with Crippen LogP contribution in [0.5, 0.6) is 0 Å². The van der Waals surface area contributed by atoms with Gasteiger partial charge in [-0.3, -0.25) is 9.59 Å². The Kier molecular flexibility index (Phi) is 41.7. The Morgan fingerprint density at radius 2 is 1.06 bits per heavy atom. The van der Waals surface area contributed by atoms with E-state index in [0.717, 1.165) is 64.9 Å². The number of carbonyl (C=O) groups excluding carboxylic acids is 2. The van der Waals surface area contributed by atoms with Crippen molar-refractivity contribution in [2.75, 3.05) is 40.1 Å². The van der Waals surface area contributed by atoms with Crippen LogP contribution in [0.4, 0.5) is 0 Å². The largest absolute Gasteiger partial charge is 0.477 e. The van der Waals surface area contributed by atoms with Gasteiger partial charge in [0.15, 0.2) is 12.6 Å². The quantitative estimate of drug-likeness (QED) is 0.0388. The van der Waals surface area contributed by atoms with Gasteiger partial charge in [0, 0.05) is 13.5 Å². The van der Waals surface area contributed by atoms with Crippen LogP contribution in [0.25, 0.3) is 0 Å². The van der Waals surface area contributed by atoms with E-state index in [1.165, 1.54) is 116 Å². The summed E-state index contributed by atoms with van der Waals surface area (Å²) >= 11 is 0. The maximum atomic E-state index is 13.5. The van der Waals surface area contributed by atoms with E-state index in [4.69, 9.17) is 33.2 Å². The van der Waals surface area contributed by atoms with Gasteiger partial charge in [-0.05, 0) is 12.8 Å². The second-order valence-electron chi connectivity index (χ2n) is 24.9. The van der Waals surface area contributed by atoms with E-state index in [2.05, 4.69) is 24.5 Å². The van der Waals surface area contributed by atoms with Crippen molar-refractivity contribution in [1.29, 1.82) is 0 Å². The third-order valence-corrected chi connectivity index (χ3v) is 17.6. The molecule has 20 atom stereocenters. The molecule has 26 nitrogen and oxygen atoms in total. The Morgan fingerprint density at radius 1 is 0.584 bits per heavy atom. The molecule has 0 spiro atoms. The molecule has 0 saturated carbocycles. The first-order chi connectivity index (χ1) is 42.8. The lowest BCUT2D eigenvalue weighted by Gasteiger charge is -2.50. The van der Waals surface area contributed by atoms with E-state index < -0.39 is 179 Å². The van der Waals surface area contributed by atoms with E-state index in [1.807, 2.05) is 0 Å². The molecular formula is C63H118N2O24. The van der Waals surface area contributed by atoms with Gasteiger partial charge in [-0.15, -0.1) is 0 Å². The average molecular weight is 1290 g/mol. The molecule has 0 aromatic heterocycles. The van der Waals surface area contributed by atoms with Crippen molar-refractivity contribution in [3.05, 3.63) is 0 Å². The fourth-order valence-corrected chi connectivity index (χ4v) is 12.0. The minimum atomic E-state index is -3.12. The molecule has 3 aliphatic rings. The monoisotopic (exact) mass is 1290 g/mol. The number of carbonyl (C=O) groups is 3. The zero-order valence-corrected chi connectivity index (χ0v) is 53.5. The number of aliphatic hydroxyl groups is 13. The molecule has 3 heterocycles. The average Bonchev–Trinajstić information content (AvgIpc) is 0.850. The number of aliphatic carboxylic acids is 1. The Bertz CT molecular complexity index is 1840. The highest BCUT2D eigenvalue weighted by molar-refractivity contribution is 5.80. The SMILES string of the molecule is CCCCCCCCCCCCCCCCCCCC[C@@H](O)C(=O)N[C@@H](CO[C@@H]1O[C@H](CO)[C@@H](O[C@@H]2O[C@H](CO)[C@H](O)[C@H](O[C@]3(C(=O)O)C[C@H](O)[C@@H](NC(=O)CO)[C@H]([C@@H](O)[C@H](CO)OC)O3)[C@H]2O)[C@H](O)[C@H]1O)[C@H](O)[C@H](O)CCCCCCCCCCCCC. The molecule has 524 valence electrons. The summed E-state index contributed by atoms with van der Waals surface area (Å²) < 4.78 is 39.8. The van der Waals surface area contributed by atoms with E-state index in [9.17, 15) is 85.9 Å². The summed E-state index contributed by atoms with van der Waals surface area (Å²) in [5.41, 5.74) is 0. The molecule has 89 heavy (non-hydrogen) atoms. The number of hydrogen-bond acceptors (Lipinski definition) is 23. The van der Waals surface area contributed by atoms with Gasteiger partial charge in [0.1, 0.15) is 86.0 Å². The van der Waals surface area contributed by atoms with Crippen LogP contribution in [0.3, 0.4) is 0 Å². The number of ether oxygens (including phenoxy) is 7. The second kappa shape index (κ2) is 45.9. The van der Waals surface area contributed by atoms with Crippen LogP contribution >= 0.6 is 0 Å². The Balaban J connectivity index is 1.67. The van der Waals surface area contributed by atoms with Crippen LogP contribution in [-0.2, 0) is 47.5 Å². The number of carboxylic acid groups (broad SMARTS) is 1. The molecule has 2 amide bonds. The standard InChI is InChI=1S/C63H118N2O24/c1-4-6-8-10-12-14-16-17-18-19-20-21-22-24-26-28-30-32-34-43(71)59(80)64-41(50(74)42(70)33-31-29-27-25-23-15-13-11-9-7-5-2)40-84-60-54(78)53(77)56(47(38-68)86-60)87-61-55(79)58(52(76)46(37-67)85-61)89-63(62(81)82)35-44(72)49(65-48(73)39-69)57(88-63)51(75)45(36-66)83-3/h41-47,49-58,60-61,66-72,74-79H,4-40H2,1-3H3,(H,64,80)(H,65,73)(H,81,82)/t41-,42+,43+,44-,45-,46+,47+,49+,50-,51-,52-,53+,54+,55+,56+,57+,58-,60+,61-,63-/m0/s1. The van der Waals surface area contributed by atoms with E-state index in [0.29, 0.717) is 12.8 Å². The lowest BCUT2D eigenvalue weighted by molar-refractivity contribution is -0.386. The number of unbranched alkanes of at least 4 members (excludes halogenated alkanes) is 27. The Morgan fingerprint density at radius 3 is 1.51 bits per heavy atom. The highest BCUT2D eigenvalue weighted by Crippen LogP contribution is 2.39. The van der Waals surface area contributed by atoms with Gasteiger partial charge >= 0.3 is 5.97 Å². The molecule has 3 rings (SSSR count). The molecule has 0 unspecified atom stereocenters. The number of carboxylic acids is 1. The third kappa shape index (κ3) is 27.8. The summed E-state index contributed by atoms with van der Waals surface area (Å²) in [6.45, 7) is -0.238. The van der Waals surface area contributed by atoms with E-state index in [-0.39, 0.29) is 12.8 Å². The summed E-state index contributed by atoms with van der Waals surface area (Å²) in [4.78, 5) is 38.9. The summed E-state index contributed by atoms with van der Waals surface area (Å²) in [5, 5.41) is 158. The maximum Gasteiger partial charge on any atom is 0.364 e. The maximum absolute atomic E-state index is 13.5. The molecule has 26 heteroatoms. The summed E-state index contributed by atoms with van der Waals surface area (Å²) in [7, 11) is 1.07. The van der Waals surface area contributed by atoms with Crippen molar-refractivity contribution in [3.8, 4) is 0 Å². The van der Waals surface area contributed by atoms with Crippen LogP contribution in [0.2, 0.25) is 0 Å². The summed E-state index contributed by atoms with van der Waals surface area (Å²) in [6, 6.07) is -3.07. The smallest absolute Gasteiger partial charge is 0.364 e. The van der Waals surface area contributed by atoms with Crippen LogP contribution < -0.4 is 10.6 Å². The first-order valence-corrected chi connectivity index (χ1v) is 33.6. The van der Waals surface area contributed by atoms with Crippen LogP contribution in [0, 0.1) is 0 Å². The van der Waals surface area contributed by atoms with Crippen molar-refractivity contribution in [1.82, 2.24) is 10.6 Å². The second-order valence-corrected chi connectivity index (χ2v) is 24.9. The van der Waals surface area contributed by atoms with Crippen molar-refractivity contribution < 1.29 is 119 Å². The van der Waals surface area contributed by atoms with Gasteiger partial charge in [0.25, 0.3) is 5.79 Å². The van der Waals surface area contributed by atoms with E-state index in [1.54, 1.807) is 0 Å². The van der Waals surface area contributed by atoms with Gasteiger partial charge in [-0.1, -0.05) is 200 Å². The molecule has 16 N–H and O–H groups in total. The molecule has 3 saturated heterocycles. The highest BCUT2D eigenvalue weighted by atomic mass is 16.8. The number of amides is 2. The Hall–Kier alpha value is -2.39. The van der Waals surface area contributed by atoms with Gasteiger partial charge in [-0.2, -0.15) is 0 Å². The zero-order chi connectivity index (χ0) is 65.7. The number of methoxy groups -OCH3 is 1. The number of rotatable bonds is 51. The third-order valence-electron chi connectivity index (χ3n) is 17.6. The predicted octanol–water partition coefficient (Wildman–Crippen LogP) is 2.13. The molecule has 0 aliphatic carbocycles. The summed E-state index contributed by atoms with van der Waals surface area (Å²) in [5.74, 6) is -7.05. The minimum absolute atomic E-state index is 0.131. The van der Waals surface area contributed by atoms with Crippen LogP contribution in [0.1, 0.15) is 219 Å². The van der Waals surface area contributed by atoms with Crippen molar-refractivity contribution >= 4 is 17.8 Å². The molecule has 0 bridgehead atoms. The fourth-order valence-electron chi connectivity index (χ4n) is 12.0. The fraction of sp³-hybridized carbons (Fsp3) is 0.952.